The summed E-state index contributed by atoms with van der Waals surface area (Å²) in [4.78, 5) is 19.7. The van der Waals surface area contributed by atoms with Crippen LogP contribution in [0.5, 0.6) is 0 Å². The van der Waals surface area contributed by atoms with Crippen LogP contribution in [-0.4, -0.2) is 38.9 Å². The van der Waals surface area contributed by atoms with Crippen molar-refractivity contribution in [1.82, 2.24) is 19.9 Å². The summed E-state index contributed by atoms with van der Waals surface area (Å²) in [7, 11) is 0. The molecule has 25 heavy (non-hydrogen) atoms. The number of nitrogens with one attached hydrogen (secondary N) is 1. The first-order valence-electron chi connectivity index (χ1n) is 8.48. The fraction of sp³-hybridized carbons (Fsp3) is 0.389. The zero-order chi connectivity index (χ0) is 17.6. The number of amides is 1. The van der Waals surface area contributed by atoms with Crippen molar-refractivity contribution in [3.63, 3.8) is 0 Å². The highest BCUT2D eigenvalue weighted by molar-refractivity contribution is 6.02. The van der Waals surface area contributed by atoms with Crippen molar-refractivity contribution in [1.29, 1.82) is 0 Å². The molecule has 0 fully saturated rings. The summed E-state index contributed by atoms with van der Waals surface area (Å²) in [5.74, 6) is 0.876. The third kappa shape index (κ3) is 3.88. The second-order valence-corrected chi connectivity index (χ2v) is 5.77. The summed E-state index contributed by atoms with van der Waals surface area (Å²) in [6.45, 7) is 4.25. The van der Waals surface area contributed by atoms with Gasteiger partial charge in [0.15, 0.2) is 0 Å². The highest BCUT2D eigenvalue weighted by Gasteiger charge is 2.14. The molecule has 7 nitrogen and oxygen atoms in total. The van der Waals surface area contributed by atoms with E-state index in [0.717, 1.165) is 47.1 Å². The standard InChI is InChI=1S/C18H22N4O3/c1-2-25-12-16-21-15-11-20-14-8-4-3-7-13(14)17(15)22(16)10-6-5-9-19-18(23)24/h3-4,7-8,11,19H,2,5-6,9-10,12H2,1H3,(H,23,24). The Kier molecular flexibility index (Phi) is 5.45. The molecule has 0 aliphatic rings. The number of hydrogen-bond donors (Lipinski definition) is 2. The Balaban J connectivity index is 1.91. The molecule has 3 aromatic rings. The summed E-state index contributed by atoms with van der Waals surface area (Å²) in [5.41, 5.74) is 2.86. The van der Waals surface area contributed by atoms with Crippen molar-refractivity contribution in [2.45, 2.75) is 32.9 Å². The fourth-order valence-corrected chi connectivity index (χ4v) is 2.94. The largest absolute Gasteiger partial charge is 0.465 e. The summed E-state index contributed by atoms with van der Waals surface area (Å²) in [6, 6.07) is 8.02. The zero-order valence-corrected chi connectivity index (χ0v) is 14.2. The van der Waals surface area contributed by atoms with E-state index in [1.54, 1.807) is 6.20 Å². The van der Waals surface area contributed by atoms with Crippen LogP contribution in [0.15, 0.2) is 30.5 Å². The van der Waals surface area contributed by atoms with Crippen LogP contribution in [0, 0.1) is 0 Å². The van der Waals surface area contributed by atoms with Gasteiger partial charge in [-0.1, -0.05) is 18.2 Å². The molecule has 0 unspecified atom stereocenters. The first-order valence-corrected chi connectivity index (χ1v) is 8.48. The first kappa shape index (κ1) is 17.2. The second-order valence-electron chi connectivity index (χ2n) is 5.77. The number of benzene rings is 1. The van der Waals surface area contributed by atoms with Crippen LogP contribution >= 0.6 is 0 Å². The SMILES string of the molecule is CCOCc1nc2cnc3ccccc3c2n1CCCCNC(=O)O. The summed E-state index contributed by atoms with van der Waals surface area (Å²) >= 11 is 0. The zero-order valence-electron chi connectivity index (χ0n) is 14.2. The number of imidazole rings is 1. The average molecular weight is 342 g/mol. The van der Waals surface area contributed by atoms with Gasteiger partial charge in [-0.2, -0.15) is 0 Å². The molecule has 2 heterocycles. The number of para-hydroxylation sites is 1. The van der Waals surface area contributed by atoms with Crippen LogP contribution in [0.4, 0.5) is 4.79 Å². The molecule has 0 saturated heterocycles. The Morgan fingerprint density at radius 3 is 2.92 bits per heavy atom. The number of ether oxygens (including phenoxy) is 1. The maximum Gasteiger partial charge on any atom is 0.404 e. The predicted octanol–water partition coefficient (Wildman–Crippen LogP) is 3.17. The Bertz CT molecular complexity index is 875. The van der Waals surface area contributed by atoms with Crippen LogP contribution in [0.3, 0.4) is 0 Å². The van der Waals surface area contributed by atoms with Crippen molar-refractivity contribution >= 4 is 28.0 Å². The fourth-order valence-electron chi connectivity index (χ4n) is 2.94. The van der Waals surface area contributed by atoms with E-state index in [4.69, 9.17) is 14.8 Å². The number of aryl methyl sites for hydroxylation is 1. The van der Waals surface area contributed by atoms with E-state index in [-0.39, 0.29) is 0 Å². The molecule has 2 N–H and O–H groups in total. The van der Waals surface area contributed by atoms with E-state index in [1.807, 2.05) is 25.1 Å². The van der Waals surface area contributed by atoms with Gasteiger partial charge >= 0.3 is 6.09 Å². The predicted molar refractivity (Wildman–Crippen MR) is 95.6 cm³/mol. The first-order chi connectivity index (χ1) is 12.2. The van der Waals surface area contributed by atoms with Gasteiger partial charge in [-0.3, -0.25) is 4.98 Å². The minimum Gasteiger partial charge on any atom is -0.465 e. The highest BCUT2D eigenvalue weighted by atomic mass is 16.5. The van der Waals surface area contributed by atoms with Gasteiger partial charge < -0.3 is 19.7 Å². The molecule has 2 aromatic heterocycles. The van der Waals surface area contributed by atoms with Crippen LogP contribution in [0.1, 0.15) is 25.6 Å². The molecule has 0 aliphatic heterocycles. The molecule has 1 aromatic carbocycles. The van der Waals surface area contributed by atoms with E-state index < -0.39 is 6.09 Å². The number of nitrogens with zero attached hydrogens (tertiary/aromatic N) is 3. The Morgan fingerprint density at radius 1 is 1.28 bits per heavy atom. The number of carboxylic acid groups (broad SMARTS) is 1. The average Bonchev–Trinajstić information content (AvgIpc) is 2.97. The summed E-state index contributed by atoms with van der Waals surface area (Å²) in [6.07, 6.45) is 2.43. The Hall–Kier alpha value is -2.67. The van der Waals surface area contributed by atoms with Gasteiger partial charge in [-0.25, -0.2) is 9.78 Å². The molecule has 132 valence electrons. The van der Waals surface area contributed by atoms with Gasteiger partial charge in [0.25, 0.3) is 0 Å². The topological polar surface area (TPSA) is 89.3 Å². The highest BCUT2D eigenvalue weighted by Crippen LogP contribution is 2.25. The summed E-state index contributed by atoms with van der Waals surface area (Å²) < 4.78 is 7.74. The monoisotopic (exact) mass is 342 g/mol. The Morgan fingerprint density at radius 2 is 2.12 bits per heavy atom. The van der Waals surface area contributed by atoms with Crippen molar-refractivity contribution in [2.24, 2.45) is 0 Å². The third-order valence-electron chi connectivity index (χ3n) is 4.08. The lowest BCUT2D eigenvalue weighted by Gasteiger charge is -2.10. The summed E-state index contributed by atoms with van der Waals surface area (Å²) in [5, 5.41) is 12.1. The lowest BCUT2D eigenvalue weighted by atomic mass is 10.2. The molecule has 7 heteroatoms. The van der Waals surface area contributed by atoms with Gasteiger partial charge in [0.2, 0.25) is 0 Å². The van der Waals surface area contributed by atoms with Crippen LogP contribution in [-0.2, 0) is 17.9 Å². The molecule has 1 amide bonds. The van der Waals surface area contributed by atoms with E-state index in [2.05, 4.69) is 20.9 Å². The molecule has 3 rings (SSSR count). The quantitative estimate of drug-likeness (QED) is 0.614. The molecule has 0 atom stereocenters. The van der Waals surface area contributed by atoms with Gasteiger partial charge in [0.05, 0.1) is 17.2 Å². The number of pyridine rings is 1. The lowest BCUT2D eigenvalue weighted by molar-refractivity contribution is 0.126. The van der Waals surface area contributed by atoms with Gasteiger partial charge in [-0.05, 0) is 25.8 Å². The van der Waals surface area contributed by atoms with Gasteiger partial charge in [0, 0.05) is 25.1 Å². The lowest BCUT2D eigenvalue weighted by Crippen LogP contribution is -2.22. The number of fused-ring (bicyclic) bond motifs is 3. The van der Waals surface area contributed by atoms with Crippen molar-refractivity contribution in [3.8, 4) is 0 Å². The molecular weight excluding hydrogens is 320 g/mol. The molecule has 0 aliphatic carbocycles. The smallest absolute Gasteiger partial charge is 0.404 e. The molecule has 0 spiro atoms. The minimum atomic E-state index is -0.984. The van der Waals surface area contributed by atoms with E-state index >= 15 is 0 Å². The second kappa shape index (κ2) is 7.94. The van der Waals surface area contributed by atoms with Crippen LogP contribution in [0.25, 0.3) is 21.9 Å². The normalized spacial score (nSPS) is 11.2. The van der Waals surface area contributed by atoms with E-state index in [0.29, 0.717) is 19.8 Å². The van der Waals surface area contributed by atoms with Crippen molar-refractivity contribution < 1.29 is 14.6 Å². The van der Waals surface area contributed by atoms with Crippen LogP contribution in [0.2, 0.25) is 0 Å². The van der Waals surface area contributed by atoms with E-state index in [1.165, 1.54) is 0 Å². The number of unbranched alkanes of at least 4 members (excludes halogenated alkanes) is 1. The maximum absolute atomic E-state index is 10.5. The molecule has 0 saturated carbocycles. The molecular formula is C18H22N4O3. The minimum absolute atomic E-state index is 0.449. The van der Waals surface area contributed by atoms with Crippen molar-refractivity contribution in [3.05, 3.63) is 36.3 Å². The van der Waals surface area contributed by atoms with Gasteiger partial charge in [0.1, 0.15) is 17.9 Å². The van der Waals surface area contributed by atoms with Crippen LogP contribution < -0.4 is 5.32 Å². The number of carbonyl (C=O) groups is 1. The Labute approximate surface area is 145 Å². The molecule has 0 bridgehead atoms. The molecule has 0 radical (unpaired) electrons. The van der Waals surface area contributed by atoms with E-state index in [9.17, 15) is 4.79 Å². The number of aromatic nitrogens is 3. The van der Waals surface area contributed by atoms with Gasteiger partial charge in [-0.15, -0.1) is 0 Å². The van der Waals surface area contributed by atoms with Crippen molar-refractivity contribution in [2.75, 3.05) is 13.2 Å². The number of rotatable bonds is 8. The maximum atomic E-state index is 10.5. The number of hydrogen-bond acceptors (Lipinski definition) is 4. The third-order valence-corrected chi connectivity index (χ3v) is 4.08.